The standard InChI is InChI=1S/C25H33ClN2O3S/c1-5-23(25(30)27-14-18(2)3)28(15-19-9-11-22(31-4)12-10-19)24(29)17-32-16-20-7-6-8-21(26)13-20/h6-13,18,23H,5,14-17H2,1-4H3,(H,27,30)/t23-/m1/s1. The lowest BCUT2D eigenvalue weighted by Crippen LogP contribution is -2.50. The summed E-state index contributed by atoms with van der Waals surface area (Å²) in [6.07, 6.45) is 0.546. The zero-order valence-electron chi connectivity index (χ0n) is 19.3. The minimum Gasteiger partial charge on any atom is -0.497 e. The number of carbonyl (C=O) groups is 2. The Labute approximate surface area is 200 Å². The van der Waals surface area contributed by atoms with Gasteiger partial charge in [0.05, 0.1) is 12.9 Å². The second kappa shape index (κ2) is 13.4. The molecule has 0 saturated heterocycles. The molecule has 7 heteroatoms. The van der Waals surface area contributed by atoms with E-state index >= 15 is 0 Å². The molecule has 1 N–H and O–H groups in total. The fourth-order valence-electron chi connectivity index (χ4n) is 3.24. The Morgan fingerprint density at radius 3 is 2.44 bits per heavy atom. The molecular formula is C25H33ClN2O3S. The van der Waals surface area contributed by atoms with E-state index in [0.29, 0.717) is 36.2 Å². The van der Waals surface area contributed by atoms with Gasteiger partial charge in [-0.2, -0.15) is 0 Å². The summed E-state index contributed by atoms with van der Waals surface area (Å²) in [5.41, 5.74) is 2.02. The largest absolute Gasteiger partial charge is 0.497 e. The monoisotopic (exact) mass is 476 g/mol. The van der Waals surface area contributed by atoms with E-state index in [4.69, 9.17) is 16.3 Å². The van der Waals surface area contributed by atoms with Crippen molar-refractivity contribution >= 4 is 35.2 Å². The molecule has 2 aromatic carbocycles. The highest BCUT2D eigenvalue weighted by Crippen LogP contribution is 2.20. The third-order valence-electron chi connectivity index (χ3n) is 4.97. The summed E-state index contributed by atoms with van der Waals surface area (Å²) >= 11 is 7.58. The number of nitrogens with one attached hydrogen (secondary N) is 1. The lowest BCUT2D eigenvalue weighted by molar-refractivity contribution is -0.139. The van der Waals surface area contributed by atoms with Crippen molar-refractivity contribution in [2.24, 2.45) is 5.92 Å². The van der Waals surface area contributed by atoms with E-state index in [-0.39, 0.29) is 17.6 Å². The molecule has 0 aliphatic rings. The number of carbonyl (C=O) groups excluding carboxylic acids is 2. The van der Waals surface area contributed by atoms with Gasteiger partial charge in [0.25, 0.3) is 0 Å². The lowest BCUT2D eigenvalue weighted by Gasteiger charge is -2.31. The topological polar surface area (TPSA) is 58.6 Å². The molecule has 0 heterocycles. The molecule has 0 bridgehead atoms. The van der Waals surface area contributed by atoms with Crippen LogP contribution in [0.15, 0.2) is 48.5 Å². The van der Waals surface area contributed by atoms with Gasteiger partial charge < -0.3 is 15.0 Å². The van der Waals surface area contributed by atoms with Crippen molar-refractivity contribution in [1.29, 1.82) is 0 Å². The number of rotatable bonds is 12. The molecule has 0 aliphatic carbocycles. The number of ether oxygens (including phenoxy) is 1. The number of nitrogens with zero attached hydrogens (tertiary/aromatic N) is 1. The highest BCUT2D eigenvalue weighted by atomic mass is 35.5. The molecule has 5 nitrogen and oxygen atoms in total. The molecule has 0 aliphatic heterocycles. The van der Waals surface area contributed by atoms with Crippen molar-refractivity contribution in [2.75, 3.05) is 19.4 Å². The first-order valence-electron chi connectivity index (χ1n) is 10.9. The van der Waals surface area contributed by atoms with E-state index in [9.17, 15) is 9.59 Å². The van der Waals surface area contributed by atoms with Gasteiger partial charge >= 0.3 is 0 Å². The number of halogens is 1. The molecular weight excluding hydrogens is 444 g/mol. The molecule has 2 aromatic rings. The molecule has 0 radical (unpaired) electrons. The Morgan fingerprint density at radius 1 is 1.12 bits per heavy atom. The number of hydrogen-bond donors (Lipinski definition) is 1. The molecule has 2 amide bonds. The van der Waals surface area contributed by atoms with Crippen molar-refractivity contribution in [2.45, 2.75) is 45.5 Å². The van der Waals surface area contributed by atoms with Crippen LogP contribution in [0, 0.1) is 5.92 Å². The quantitative estimate of drug-likeness (QED) is 0.459. The zero-order valence-corrected chi connectivity index (χ0v) is 20.8. The number of amides is 2. The van der Waals surface area contributed by atoms with Crippen LogP contribution in [0.25, 0.3) is 0 Å². The number of benzene rings is 2. The predicted octanol–water partition coefficient (Wildman–Crippen LogP) is 5.16. The first-order chi connectivity index (χ1) is 15.3. The van der Waals surface area contributed by atoms with E-state index in [0.717, 1.165) is 16.9 Å². The summed E-state index contributed by atoms with van der Waals surface area (Å²) in [6.45, 7) is 6.99. The van der Waals surface area contributed by atoms with Crippen LogP contribution in [0.2, 0.25) is 5.02 Å². The second-order valence-electron chi connectivity index (χ2n) is 8.06. The molecule has 174 valence electrons. The molecule has 0 fully saturated rings. The van der Waals surface area contributed by atoms with Gasteiger partial charge in [-0.25, -0.2) is 0 Å². The van der Waals surface area contributed by atoms with E-state index in [1.807, 2.05) is 69.3 Å². The Bertz CT molecular complexity index is 874. The van der Waals surface area contributed by atoms with E-state index in [2.05, 4.69) is 5.32 Å². The normalized spacial score (nSPS) is 11.8. The molecule has 32 heavy (non-hydrogen) atoms. The van der Waals surface area contributed by atoms with E-state index in [1.165, 1.54) is 11.8 Å². The summed E-state index contributed by atoms with van der Waals surface area (Å²) in [5, 5.41) is 3.67. The molecule has 0 spiro atoms. The fraction of sp³-hybridized carbons (Fsp3) is 0.440. The Balaban J connectivity index is 2.12. The van der Waals surface area contributed by atoms with Crippen LogP contribution in [-0.2, 0) is 21.9 Å². The third kappa shape index (κ3) is 8.40. The average molecular weight is 477 g/mol. The smallest absolute Gasteiger partial charge is 0.242 e. The van der Waals surface area contributed by atoms with Crippen LogP contribution in [0.3, 0.4) is 0 Å². The highest BCUT2D eigenvalue weighted by Gasteiger charge is 2.28. The summed E-state index contributed by atoms with van der Waals surface area (Å²) < 4.78 is 5.23. The van der Waals surface area contributed by atoms with Crippen molar-refractivity contribution in [1.82, 2.24) is 10.2 Å². The first kappa shape index (κ1) is 26.1. The minimum atomic E-state index is -0.518. The molecule has 2 rings (SSSR count). The van der Waals surface area contributed by atoms with Gasteiger partial charge in [-0.15, -0.1) is 11.8 Å². The van der Waals surface area contributed by atoms with Crippen molar-refractivity contribution in [3.05, 3.63) is 64.7 Å². The Hall–Kier alpha value is -2.18. The Kier molecular flexibility index (Phi) is 10.9. The van der Waals surface area contributed by atoms with Crippen LogP contribution in [0.4, 0.5) is 0 Å². The van der Waals surface area contributed by atoms with Crippen molar-refractivity contribution in [3.8, 4) is 5.75 Å². The van der Waals surface area contributed by atoms with Crippen molar-refractivity contribution < 1.29 is 14.3 Å². The molecule has 1 atom stereocenters. The number of thioether (sulfide) groups is 1. The average Bonchev–Trinajstić information content (AvgIpc) is 2.78. The second-order valence-corrected chi connectivity index (χ2v) is 9.48. The summed E-state index contributed by atoms with van der Waals surface area (Å²) in [5.74, 6) is 1.90. The maximum Gasteiger partial charge on any atom is 0.242 e. The fourth-order valence-corrected chi connectivity index (χ4v) is 4.31. The maximum absolute atomic E-state index is 13.2. The molecule has 0 saturated carbocycles. The van der Waals surface area contributed by atoms with E-state index in [1.54, 1.807) is 12.0 Å². The van der Waals surface area contributed by atoms with Gasteiger partial charge in [-0.3, -0.25) is 9.59 Å². The van der Waals surface area contributed by atoms with Crippen LogP contribution < -0.4 is 10.1 Å². The highest BCUT2D eigenvalue weighted by molar-refractivity contribution is 7.99. The number of hydrogen-bond acceptors (Lipinski definition) is 4. The van der Waals surface area contributed by atoms with Gasteiger partial charge in [-0.1, -0.05) is 56.6 Å². The van der Waals surface area contributed by atoms with Gasteiger partial charge in [-0.05, 0) is 47.7 Å². The lowest BCUT2D eigenvalue weighted by atomic mass is 10.1. The van der Waals surface area contributed by atoms with Crippen molar-refractivity contribution in [3.63, 3.8) is 0 Å². The third-order valence-corrected chi connectivity index (χ3v) is 6.19. The van der Waals surface area contributed by atoms with Crippen LogP contribution in [0.5, 0.6) is 5.75 Å². The molecule has 0 aromatic heterocycles. The maximum atomic E-state index is 13.2. The first-order valence-corrected chi connectivity index (χ1v) is 12.4. The van der Waals surface area contributed by atoms with E-state index < -0.39 is 6.04 Å². The van der Waals surface area contributed by atoms with Gasteiger partial charge in [0.1, 0.15) is 11.8 Å². The summed E-state index contributed by atoms with van der Waals surface area (Å²) in [7, 11) is 1.62. The SMILES string of the molecule is CC[C@H](C(=O)NCC(C)C)N(Cc1ccc(OC)cc1)C(=O)CSCc1cccc(Cl)c1. The zero-order chi connectivity index (χ0) is 23.5. The van der Waals surface area contributed by atoms with Gasteiger partial charge in [0, 0.05) is 23.9 Å². The number of methoxy groups -OCH3 is 1. The van der Waals surface area contributed by atoms with Crippen LogP contribution in [-0.4, -0.2) is 42.2 Å². The van der Waals surface area contributed by atoms with Gasteiger partial charge in [0.15, 0.2) is 0 Å². The summed E-state index contributed by atoms with van der Waals surface area (Å²) in [6, 6.07) is 14.7. The summed E-state index contributed by atoms with van der Waals surface area (Å²) in [4.78, 5) is 27.8. The van der Waals surface area contributed by atoms with Crippen LogP contribution in [0.1, 0.15) is 38.3 Å². The minimum absolute atomic E-state index is 0.0561. The van der Waals surface area contributed by atoms with Crippen LogP contribution >= 0.6 is 23.4 Å². The van der Waals surface area contributed by atoms with Gasteiger partial charge in [0.2, 0.25) is 11.8 Å². The predicted molar refractivity (Wildman–Crippen MR) is 133 cm³/mol. The Morgan fingerprint density at radius 2 is 1.84 bits per heavy atom. The molecule has 0 unspecified atom stereocenters.